The van der Waals surface area contributed by atoms with E-state index >= 15 is 0 Å². The molecule has 0 aliphatic heterocycles. The molecule has 0 saturated heterocycles. The van der Waals surface area contributed by atoms with E-state index in [4.69, 9.17) is 9.97 Å². The van der Waals surface area contributed by atoms with E-state index in [0.29, 0.717) is 5.82 Å². The summed E-state index contributed by atoms with van der Waals surface area (Å²) >= 11 is 0. The summed E-state index contributed by atoms with van der Waals surface area (Å²) in [5.41, 5.74) is 9.40. The first-order valence-electron chi connectivity index (χ1n) is 16.2. The van der Waals surface area contributed by atoms with Crippen molar-refractivity contribution in [3.8, 4) is 56.2 Å². The normalized spacial score (nSPS) is 11.3. The molecule has 0 radical (unpaired) electrons. The largest absolute Gasteiger partial charge is 0.264 e. The van der Waals surface area contributed by atoms with Crippen LogP contribution in [0.5, 0.6) is 0 Å². The van der Waals surface area contributed by atoms with Gasteiger partial charge in [-0.05, 0) is 72.8 Å². The molecule has 2 heterocycles. The van der Waals surface area contributed by atoms with E-state index in [2.05, 4.69) is 145 Å². The van der Waals surface area contributed by atoms with Crippen LogP contribution in [0.25, 0.3) is 88.5 Å². The SMILES string of the molecule is c1ccc(-c2cc(-c3ccc(-c4ccc5c6ccccc6c6ccccc6c5c4)cc3)nc(-c3ccc(-c4cccnc4)cc3)n2)cc1. The van der Waals surface area contributed by atoms with Crippen molar-refractivity contribution >= 4 is 32.3 Å². The molecule has 0 aliphatic carbocycles. The van der Waals surface area contributed by atoms with Gasteiger partial charge in [-0.25, -0.2) is 9.97 Å². The number of hydrogen-bond donors (Lipinski definition) is 0. The van der Waals surface area contributed by atoms with Crippen molar-refractivity contribution in [2.24, 2.45) is 0 Å². The van der Waals surface area contributed by atoms with Gasteiger partial charge in [-0.15, -0.1) is 0 Å². The Morgan fingerprint density at radius 2 is 0.750 bits per heavy atom. The average Bonchev–Trinajstić information content (AvgIpc) is 3.18. The fraction of sp³-hybridized carbons (Fsp3) is 0. The van der Waals surface area contributed by atoms with Crippen LogP contribution in [0, 0.1) is 0 Å². The number of nitrogens with zero attached hydrogens (tertiary/aromatic N) is 3. The van der Waals surface area contributed by atoms with Gasteiger partial charge in [0.1, 0.15) is 0 Å². The maximum Gasteiger partial charge on any atom is 0.160 e. The van der Waals surface area contributed by atoms with Crippen LogP contribution in [0.3, 0.4) is 0 Å². The van der Waals surface area contributed by atoms with E-state index in [1.165, 1.54) is 43.4 Å². The highest BCUT2D eigenvalue weighted by Crippen LogP contribution is 2.37. The Hall–Kier alpha value is -6.45. The zero-order chi connectivity index (χ0) is 31.9. The van der Waals surface area contributed by atoms with Crippen LogP contribution in [0.4, 0.5) is 0 Å². The Balaban J connectivity index is 1.11. The third-order valence-corrected chi connectivity index (χ3v) is 9.19. The van der Waals surface area contributed by atoms with Gasteiger partial charge in [0.15, 0.2) is 5.82 Å². The summed E-state index contributed by atoms with van der Waals surface area (Å²) in [6, 6.07) is 57.8. The summed E-state index contributed by atoms with van der Waals surface area (Å²) in [5, 5.41) is 7.69. The highest BCUT2D eigenvalue weighted by Gasteiger charge is 2.13. The minimum atomic E-state index is 0.696. The maximum absolute atomic E-state index is 5.08. The smallest absolute Gasteiger partial charge is 0.160 e. The molecule has 0 bridgehead atoms. The number of fused-ring (bicyclic) bond motifs is 6. The quantitative estimate of drug-likeness (QED) is 0.182. The van der Waals surface area contributed by atoms with Crippen LogP contribution in [0.1, 0.15) is 0 Å². The van der Waals surface area contributed by atoms with Crippen LogP contribution in [-0.2, 0) is 0 Å². The van der Waals surface area contributed by atoms with Gasteiger partial charge in [0.2, 0.25) is 0 Å². The number of pyridine rings is 1. The first-order chi connectivity index (χ1) is 23.8. The molecule has 0 spiro atoms. The second kappa shape index (κ2) is 11.7. The summed E-state index contributed by atoms with van der Waals surface area (Å²) in [6.45, 7) is 0. The summed E-state index contributed by atoms with van der Waals surface area (Å²) in [6.07, 6.45) is 3.67. The molecule has 3 heteroatoms. The molecule has 2 aromatic heterocycles. The molecule has 224 valence electrons. The molecule has 0 aliphatic rings. The molecule has 0 amide bonds. The van der Waals surface area contributed by atoms with Crippen LogP contribution < -0.4 is 0 Å². The van der Waals surface area contributed by atoms with Gasteiger partial charge in [-0.2, -0.15) is 0 Å². The number of aromatic nitrogens is 3. The van der Waals surface area contributed by atoms with Gasteiger partial charge in [0, 0.05) is 29.1 Å². The zero-order valence-electron chi connectivity index (χ0n) is 26.1. The lowest BCUT2D eigenvalue weighted by molar-refractivity contribution is 1.18. The lowest BCUT2D eigenvalue weighted by atomic mass is 9.92. The Bertz CT molecular complexity index is 2540. The third-order valence-electron chi connectivity index (χ3n) is 9.19. The van der Waals surface area contributed by atoms with Crippen molar-refractivity contribution in [2.45, 2.75) is 0 Å². The number of hydrogen-bond acceptors (Lipinski definition) is 3. The van der Waals surface area contributed by atoms with E-state index < -0.39 is 0 Å². The van der Waals surface area contributed by atoms with E-state index in [9.17, 15) is 0 Å². The van der Waals surface area contributed by atoms with Gasteiger partial charge >= 0.3 is 0 Å². The predicted octanol–water partition coefficient (Wildman–Crippen LogP) is 11.7. The molecule has 9 aromatic rings. The molecule has 7 aromatic carbocycles. The Morgan fingerprint density at radius 3 is 1.35 bits per heavy atom. The first kappa shape index (κ1) is 27.8. The summed E-state index contributed by atoms with van der Waals surface area (Å²) < 4.78 is 0. The molecule has 9 rings (SSSR count). The summed E-state index contributed by atoms with van der Waals surface area (Å²) in [5.74, 6) is 0.696. The maximum atomic E-state index is 5.08. The second-order valence-electron chi connectivity index (χ2n) is 12.1. The highest BCUT2D eigenvalue weighted by molar-refractivity contribution is 6.25. The molecule has 3 nitrogen and oxygen atoms in total. The van der Waals surface area contributed by atoms with E-state index in [-0.39, 0.29) is 0 Å². The lowest BCUT2D eigenvalue weighted by Crippen LogP contribution is -1.96. The first-order valence-corrected chi connectivity index (χ1v) is 16.2. The van der Waals surface area contributed by atoms with Crippen molar-refractivity contribution in [3.63, 3.8) is 0 Å². The monoisotopic (exact) mass is 611 g/mol. The Kier molecular flexibility index (Phi) is 6.80. The molecule has 0 saturated carbocycles. The van der Waals surface area contributed by atoms with Crippen LogP contribution in [0.15, 0.2) is 176 Å². The van der Waals surface area contributed by atoms with E-state index in [1.54, 1.807) is 6.20 Å². The molecule has 48 heavy (non-hydrogen) atoms. The molecule has 0 N–H and O–H groups in total. The van der Waals surface area contributed by atoms with Gasteiger partial charge in [-0.1, -0.05) is 146 Å². The Morgan fingerprint density at radius 1 is 0.292 bits per heavy atom. The minimum absolute atomic E-state index is 0.696. The van der Waals surface area contributed by atoms with E-state index in [1.807, 2.05) is 30.5 Å². The predicted molar refractivity (Wildman–Crippen MR) is 200 cm³/mol. The van der Waals surface area contributed by atoms with Gasteiger partial charge in [0.25, 0.3) is 0 Å². The lowest BCUT2D eigenvalue weighted by Gasteiger charge is -2.13. The zero-order valence-corrected chi connectivity index (χ0v) is 26.1. The van der Waals surface area contributed by atoms with Crippen molar-refractivity contribution < 1.29 is 0 Å². The third kappa shape index (κ3) is 4.99. The van der Waals surface area contributed by atoms with Gasteiger partial charge in [-0.3, -0.25) is 4.98 Å². The number of rotatable bonds is 5. The van der Waals surface area contributed by atoms with Crippen molar-refractivity contribution in [2.75, 3.05) is 0 Å². The van der Waals surface area contributed by atoms with Crippen molar-refractivity contribution in [3.05, 3.63) is 176 Å². The summed E-state index contributed by atoms with van der Waals surface area (Å²) in [7, 11) is 0. The second-order valence-corrected chi connectivity index (χ2v) is 12.1. The topological polar surface area (TPSA) is 38.7 Å². The van der Waals surface area contributed by atoms with Crippen LogP contribution >= 0.6 is 0 Å². The molecular weight excluding hydrogens is 583 g/mol. The molecule has 0 atom stereocenters. The average molecular weight is 612 g/mol. The minimum Gasteiger partial charge on any atom is -0.264 e. The fourth-order valence-corrected chi connectivity index (χ4v) is 6.75. The summed E-state index contributed by atoms with van der Waals surface area (Å²) in [4.78, 5) is 14.4. The van der Waals surface area contributed by atoms with Crippen molar-refractivity contribution in [1.29, 1.82) is 0 Å². The van der Waals surface area contributed by atoms with Crippen molar-refractivity contribution in [1.82, 2.24) is 15.0 Å². The van der Waals surface area contributed by atoms with Crippen LogP contribution in [-0.4, -0.2) is 15.0 Å². The molecule has 0 fully saturated rings. The van der Waals surface area contributed by atoms with Gasteiger partial charge in [0.05, 0.1) is 11.4 Å². The highest BCUT2D eigenvalue weighted by atomic mass is 14.9. The molecule has 0 unspecified atom stereocenters. The standard InChI is InChI=1S/C45H29N3/c1-2-9-32(10-3-1)43-28-44(48-45(47-43)34-22-18-31(19-23-34)36-11-8-26-46-29-36)33-20-16-30(17-21-33)35-24-25-41-39-14-5-4-12-37(39)38-13-6-7-15-40(38)42(41)27-35/h1-29H. The fourth-order valence-electron chi connectivity index (χ4n) is 6.75. The van der Waals surface area contributed by atoms with Crippen LogP contribution in [0.2, 0.25) is 0 Å². The number of benzene rings is 7. The van der Waals surface area contributed by atoms with E-state index in [0.717, 1.165) is 39.2 Å². The van der Waals surface area contributed by atoms with Gasteiger partial charge < -0.3 is 0 Å². The Labute approximate surface area is 278 Å². The molecular formula is C45H29N3.